The van der Waals surface area contributed by atoms with Crippen LogP contribution in [-0.4, -0.2) is 28.0 Å². The monoisotopic (exact) mass is 322 g/mol. The van der Waals surface area contributed by atoms with Gasteiger partial charge in [-0.15, -0.1) is 0 Å². The van der Waals surface area contributed by atoms with E-state index in [1.54, 1.807) is 17.9 Å². The molecule has 0 radical (unpaired) electrons. The minimum absolute atomic E-state index is 0.00684. The van der Waals surface area contributed by atoms with Crippen LogP contribution in [0.15, 0.2) is 54.6 Å². The number of rotatable bonds is 5. The van der Waals surface area contributed by atoms with Gasteiger partial charge in [0.2, 0.25) is 0 Å². The third-order valence-corrected chi connectivity index (χ3v) is 3.88. The number of carboxylic acid groups (broad SMARTS) is 1. The summed E-state index contributed by atoms with van der Waals surface area (Å²) < 4.78 is 6.88. The SMILES string of the molecule is CCc1ccc(-c2cc(C(=O)O)nn2-c2cccc(OC)c2)cc1. The first-order valence-corrected chi connectivity index (χ1v) is 7.69. The Labute approximate surface area is 140 Å². The summed E-state index contributed by atoms with van der Waals surface area (Å²) >= 11 is 0. The zero-order valence-electron chi connectivity index (χ0n) is 13.6. The topological polar surface area (TPSA) is 64.3 Å². The summed E-state index contributed by atoms with van der Waals surface area (Å²) in [5.74, 6) is -0.366. The summed E-state index contributed by atoms with van der Waals surface area (Å²) in [5, 5.41) is 13.5. The second kappa shape index (κ2) is 6.58. The summed E-state index contributed by atoms with van der Waals surface area (Å²) in [7, 11) is 1.59. The van der Waals surface area contributed by atoms with Gasteiger partial charge >= 0.3 is 5.97 Å². The number of hydrogen-bond donors (Lipinski definition) is 1. The van der Waals surface area contributed by atoms with E-state index in [1.807, 2.05) is 48.5 Å². The molecule has 0 amide bonds. The van der Waals surface area contributed by atoms with Crippen molar-refractivity contribution >= 4 is 5.97 Å². The predicted molar refractivity (Wildman–Crippen MR) is 91.9 cm³/mol. The van der Waals surface area contributed by atoms with Crippen molar-refractivity contribution in [2.45, 2.75) is 13.3 Å². The molecule has 0 aliphatic carbocycles. The van der Waals surface area contributed by atoms with E-state index in [9.17, 15) is 9.90 Å². The molecule has 0 bridgehead atoms. The molecule has 5 heteroatoms. The van der Waals surface area contributed by atoms with E-state index in [2.05, 4.69) is 12.0 Å². The van der Waals surface area contributed by atoms with Crippen molar-refractivity contribution in [3.8, 4) is 22.7 Å². The maximum atomic E-state index is 11.4. The highest BCUT2D eigenvalue weighted by molar-refractivity contribution is 5.87. The van der Waals surface area contributed by atoms with E-state index < -0.39 is 5.97 Å². The average Bonchev–Trinajstić information content (AvgIpc) is 3.07. The molecule has 122 valence electrons. The number of hydrogen-bond acceptors (Lipinski definition) is 3. The third kappa shape index (κ3) is 3.01. The summed E-state index contributed by atoms with van der Waals surface area (Å²) in [5.41, 5.74) is 3.62. The third-order valence-electron chi connectivity index (χ3n) is 3.88. The molecular formula is C19H18N2O3. The summed E-state index contributed by atoms with van der Waals surface area (Å²) in [6, 6.07) is 17.0. The molecule has 24 heavy (non-hydrogen) atoms. The van der Waals surface area contributed by atoms with Crippen LogP contribution in [0.1, 0.15) is 23.0 Å². The fraction of sp³-hybridized carbons (Fsp3) is 0.158. The van der Waals surface area contributed by atoms with Gasteiger partial charge in [0.05, 0.1) is 18.5 Å². The van der Waals surface area contributed by atoms with E-state index in [0.717, 1.165) is 23.4 Å². The lowest BCUT2D eigenvalue weighted by Gasteiger charge is -2.09. The zero-order valence-corrected chi connectivity index (χ0v) is 13.6. The van der Waals surface area contributed by atoms with Crippen LogP contribution in [0.5, 0.6) is 5.75 Å². The summed E-state index contributed by atoms with van der Waals surface area (Å²) in [4.78, 5) is 11.4. The smallest absolute Gasteiger partial charge is 0.356 e. The van der Waals surface area contributed by atoms with Gasteiger partial charge in [0.15, 0.2) is 5.69 Å². The highest BCUT2D eigenvalue weighted by Gasteiger charge is 2.16. The Kier molecular flexibility index (Phi) is 4.33. The molecule has 1 heterocycles. The first-order valence-electron chi connectivity index (χ1n) is 7.69. The molecular weight excluding hydrogens is 304 g/mol. The number of aromatic nitrogens is 2. The van der Waals surface area contributed by atoms with E-state index in [0.29, 0.717) is 5.75 Å². The van der Waals surface area contributed by atoms with Crippen LogP contribution < -0.4 is 4.74 Å². The highest BCUT2D eigenvalue weighted by Crippen LogP contribution is 2.26. The van der Waals surface area contributed by atoms with Crippen LogP contribution in [0, 0.1) is 0 Å². The minimum atomic E-state index is -1.05. The number of carbonyl (C=O) groups is 1. The summed E-state index contributed by atoms with van der Waals surface area (Å²) in [6.07, 6.45) is 0.954. The Morgan fingerprint density at radius 2 is 1.92 bits per heavy atom. The molecule has 0 aliphatic rings. The lowest BCUT2D eigenvalue weighted by molar-refractivity contribution is 0.0690. The first-order chi connectivity index (χ1) is 11.6. The number of methoxy groups -OCH3 is 1. The van der Waals surface area contributed by atoms with E-state index in [-0.39, 0.29) is 5.69 Å². The lowest BCUT2D eigenvalue weighted by atomic mass is 10.1. The van der Waals surface area contributed by atoms with Crippen molar-refractivity contribution in [1.29, 1.82) is 0 Å². The van der Waals surface area contributed by atoms with Gasteiger partial charge in [0.25, 0.3) is 0 Å². The fourth-order valence-corrected chi connectivity index (χ4v) is 2.54. The van der Waals surface area contributed by atoms with Crippen LogP contribution in [-0.2, 0) is 6.42 Å². The van der Waals surface area contributed by atoms with Crippen LogP contribution in [0.2, 0.25) is 0 Å². The van der Waals surface area contributed by atoms with Gasteiger partial charge in [0.1, 0.15) is 5.75 Å². The maximum Gasteiger partial charge on any atom is 0.356 e. The van der Waals surface area contributed by atoms with Gasteiger partial charge in [-0.05, 0) is 30.2 Å². The average molecular weight is 322 g/mol. The molecule has 0 spiro atoms. The number of nitrogens with zero attached hydrogens (tertiary/aromatic N) is 2. The van der Waals surface area contributed by atoms with Gasteiger partial charge < -0.3 is 9.84 Å². The van der Waals surface area contributed by atoms with Gasteiger partial charge in [-0.25, -0.2) is 9.48 Å². The van der Waals surface area contributed by atoms with Crippen molar-refractivity contribution in [2.75, 3.05) is 7.11 Å². The van der Waals surface area contributed by atoms with E-state index in [4.69, 9.17) is 4.74 Å². The molecule has 0 saturated carbocycles. The number of aromatic carboxylic acids is 1. The minimum Gasteiger partial charge on any atom is -0.497 e. The Morgan fingerprint density at radius 1 is 1.17 bits per heavy atom. The Hall–Kier alpha value is -3.08. The van der Waals surface area contributed by atoms with E-state index >= 15 is 0 Å². The van der Waals surface area contributed by atoms with Crippen LogP contribution in [0.3, 0.4) is 0 Å². The van der Waals surface area contributed by atoms with Gasteiger partial charge in [-0.1, -0.05) is 37.3 Å². The maximum absolute atomic E-state index is 11.4. The second-order valence-electron chi connectivity index (χ2n) is 5.38. The standard InChI is InChI=1S/C19H18N2O3/c1-3-13-7-9-14(10-8-13)18-12-17(19(22)23)20-21(18)15-5-4-6-16(11-15)24-2/h4-12H,3H2,1-2H3,(H,22,23). The Morgan fingerprint density at radius 3 is 2.54 bits per heavy atom. The van der Waals surface area contributed by atoms with Crippen molar-refractivity contribution in [2.24, 2.45) is 0 Å². The molecule has 5 nitrogen and oxygen atoms in total. The zero-order chi connectivity index (χ0) is 17.1. The molecule has 1 aromatic heterocycles. The lowest BCUT2D eigenvalue weighted by Crippen LogP contribution is -2.02. The van der Waals surface area contributed by atoms with Crippen LogP contribution >= 0.6 is 0 Å². The van der Waals surface area contributed by atoms with Gasteiger partial charge in [-0.3, -0.25) is 0 Å². The largest absolute Gasteiger partial charge is 0.497 e. The molecule has 0 atom stereocenters. The molecule has 0 unspecified atom stereocenters. The fourth-order valence-electron chi connectivity index (χ4n) is 2.54. The number of ether oxygens (including phenoxy) is 1. The molecule has 1 N–H and O–H groups in total. The number of benzene rings is 2. The highest BCUT2D eigenvalue weighted by atomic mass is 16.5. The van der Waals surface area contributed by atoms with E-state index in [1.165, 1.54) is 5.56 Å². The van der Waals surface area contributed by atoms with Crippen molar-refractivity contribution < 1.29 is 14.6 Å². The quantitative estimate of drug-likeness (QED) is 0.776. The Balaban J connectivity index is 2.14. The van der Waals surface area contributed by atoms with Gasteiger partial charge in [0, 0.05) is 11.6 Å². The molecule has 0 fully saturated rings. The van der Waals surface area contributed by atoms with Crippen molar-refractivity contribution in [3.05, 3.63) is 65.9 Å². The van der Waals surface area contributed by atoms with Crippen molar-refractivity contribution in [3.63, 3.8) is 0 Å². The Bertz CT molecular complexity index is 867. The molecule has 3 rings (SSSR count). The number of carboxylic acids is 1. The second-order valence-corrected chi connectivity index (χ2v) is 5.38. The normalized spacial score (nSPS) is 10.6. The molecule has 2 aromatic carbocycles. The van der Waals surface area contributed by atoms with Gasteiger partial charge in [-0.2, -0.15) is 5.10 Å². The number of aryl methyl sites for hydroxylation is 1. The first kappa shape index (κ1) is 15.8. The predicted octanol–water partition coefficient (Wildman–Crippen LogP) is 3.81. The summed E-state index contributed by atoms with van der Waals surface area (Å²) in [6.45, 7) is 2.10. The molecule has 0 aliphatic heterocycles. The molecule has 0 saturated heterocycles. The van der Waals surface area contributed by atoms with Crippen LogP contribution in [0.4, 0.5) is 0 Å². The van der Waals surface area contributed by atoms with Crippen LogP contribution in [0.25, 0.3) is 16.9 Å². The van der Waals surface area contributed by atoms with Crippen molar-refractivity contribution in [1.82, 2.24) is 9.78 Å². The molecule has 3 aromatic rings.